The second-order valence-electron chi connectivity index (χ2n) is 13.1. The molecule has 1 atom stereocenters. The Morgan fingerprint density at radius 3 is 2.08 bits per heavy atom. The molecule has 3 fully saturated rings. The molecule has 0 aliphatic carbocycles. The van der Waals surface area contributed by atoms with Crippen molar-refractivity contribution in [1.82, 2.24) is 24.9 Å². The lowest BCUT2D eigenvalue weighted by Crippen LogP contribution is -2.54. The number of likely N-dealkylation sites (tertiary alicyclic amines) is 2. The minimum Gasteiger partial charge on any atom is -0.436 e. The average Bonchev–Trinajstić information content (AvgIpc) is 3.54. The van der Waals surface area contributed by atoms with Gasteiger partial charge in [-0.05, 0) is 54.8 Å². The molecule has 50 heavy (non-hydrogen) atoms. The van der Waals surface area contributed by atoms with Gasteiger partial charge in [-0.2, -0.15) is 26.3 Å². The van der Waals surface area contributed by atoms with E-state index < -0.39 is 59.3 Å². The van der Waals surface area contributed by atoms with Crippen LogP contribution in [0, 0.1) is 0 Å². The molecule has 5 heterocycles. The molecule has 0 spiro atoms. The number of amides is 4. The predicted molar refractivity (Wildman–Crippen MR) is 172 cm³/mol. The summed E-state index contributed by atoms with van der Waals surface area (Å²) in [7, 11) is 0. The molecule has 0 saturated carbocycles. The predicted octanol–water partition coefficient (Wildman–Crippen LogP) is 4.82. The minimum atomic E-state index is -5.21. The Balaban J connectivity index is 1.18. The normalized spacial score (nSPS) is 20.8. The first kappa shape index (κ1) is 36.0. The van der Waals surface area contributed by atoms with Crippen LogP contribution < -0.4 is 16.4 Å². The van der Waals surface area contributed by atoms with Crippen molar-refractivity contribution in [2.24, 2.45) is 0 Å². The number of hydrogen-bond acceptors (Lipinski definition) is 8. The highest BCUT2D eigenvalue weighted by Gasteiger charge is 2.42. The number of piperidine rings is 2. The molecule has 0 bridgehead atoms. The number of nitrogens with one attached hydrogen (secondary N) is 2. The summed E-state index contributed by atoms with van der Waals surface area (Å²) >= 11 is 1.52. The smallest absolute Gasteiger partial charge is 0.418 e. The van der Waals surface area contributed by atoms with Crippen molar-refractivity contribution in [1.29, 1.82) is 0 Å². The van der Waals surface area contributed by atoms with E-state index in [2.05, 4.69) is 15.5 Å². The standard InChI is InChI=1S/C32H39F6N7O4S/c33-31(34,35)22-15-19(16-23(27(22)39)32(36,37)38)17-25(28(46)43-8-1-20(2-9-43)42-12-6-40-7-13-42)49-30(48)44-10-3-21(4-11-44)45-18-26-24(5-14-50-26)41-29(45)47/h5,14-16,20-21,25,40H,1-4,6-13,17-18,39H2,(H,41,47)/t25-/m1/s1. The molecule has 1 aromatic heterocycles. The van der Waals surface area contributed by atoms with Gasteiger partial charge in [0.15, 0.2) is 6.10 Å². The van der Waals surface area contributed by atoms with Gasteiger partial charge in [0.05, 0.1) is 29.0 Å². The first-order valence-electron chi connectivity index (χ1n) is 16.6. The number of alkyl halides is 6. The molecule has 1 aromatic carbocycles. The van der Waals surface area contributed by atoms with Crippen LogP contribution in [0.1, 0.15) is 47.3 Å². The van der Waals surface area contributed by atoms with Gasteiger partial charge in [0.2, 0.25) is 0 Å². The van der Waals surface area contributed by atoms with Crippen molar-refractivity contribution in [3.05, 3.63) is 45.1 Å². The fraction of sp³-hybridized carbons (Fsp3) is 0.594. The van der Waals surface area contributed by atoms with Crippen molar-refractivity contribution < 1.29 is 45.5 Å². The molecule has 4 amide bonds. The molecule has 4 aliphatic heterocycles. The van der Waals surface area contributed by atoms with E-state index in [0.29, 0.717) is 57.5 Å². The summed E-state index contributed by atoms with van der Waals surface area (Å²) < 4.78 is 88.6. The highest BCUT2D eigenvalue weighted by Crippen LogP contribution is 2.42. The van der Waals surface area contributed by atoms with Gasteiger partial charge in [-0.25, -0.2) is 9.59 Å². The fourth-order valence-electron chi connectivity index (χ4n) is 7.23. The molecular formula is C32H39F6N7O4S. The van der Waals surface area contributed by atoms with Crippen LogP contribution in [0.3, 0.4) is 0 Å². The third kappa shape index (κ3) is 7.91. The number of urea groups is 1. The number of carbonyl (C=O) groups excluding carboxylic acids is 3. The van der Waals surface area contributed by atoms with Crippen LogP contribution in [0.2, 0.25) is 0 Å². The minimum absolute atomic E-state index is 0.167. The van der Waals surface area contributed by atoms with Crippen LogP contribution in [-0.4, -0.2) is 108 Å². The maximum Gasteiger partial charge on any atom is 0.418 e. The summed E-state index contributed by atoms with van der Waals surface area (Å²) in [6.45, 7) is 4.74. The number of carbonyl (C=O) groups is 3. The van der Waals surface area contributed by atoms with Crippen LogP contribution in [0.4, 0.5) is 47.3 Å². The maximum atomic E-state index is 13.9. The van der Waals surface area contributed by atoms with Gasteiger partial charge < -0.3 is 35.8 Å². The third-order valence-corrected chi connectivity index (χ3v) is 10.9. The number of nitrogens with two attached hydrogens (primary N) is 1. The second kappa shape index (κ2) is 14.5. The number of fused-ring (bicyclic) bond motifs is 1. The van der Waals surface area contributed by atoms with Gasteiger partial charge >= 0.3 is 24.5 Å². The van der Waals surface area contributed by atoms with Gasteiger partial charge in [-0.15, -0.1) is 11.3 Å². The Hall–Kier alpha value is -3.77. The Bertz CT molecular complexity index is 1530. The van der Waals surface area contributed by atoms with Crippen LogP contribution >= 0.6 is 11.3 Å². The van der Waals surface area contributed by atoms with Crippen molar-refractivity contribution in [2.75, 3.05) is 63.4 Å². The molecule has 4 N–H and O–H groups in total. The van der Waals surface area contributed by atoms with Crippen LogP contribution in [-0.2, 0) is 34.8 Å². The summed E-state index contributed by atoms with van der Waals surface area (Å²) in [5.41, 5.74) is 0.768. The number of piperazine rings is 1. The SMILES string of the molecule is Nc1c(C(F)(F)F)cc(C[C@@H](OC(=O)N2CCC(N3Cc4sccc4NC3=O)CC2)C(=O)N2CCC(N3CCNCC3)CC2)cc1C(F)(F)F. The Morgan fingerprint density at radius 2 is 1.48 bits per heavy atom. The highest BCUT2D eigenvalue weighted by atomic mass is 32.1. The number of anilines is 2. The number of nitrogens with zero attached hydrogens (tertiary/aromatic N) is 4. The zero-order valence-electron chi connectivity index (χ0n) is 27.1. The first-order valence-corrected chi connectivity index (χ1v) is 17.5. The van der Waals surface area contributed by atoms with Gasteiger partial charge in [0.25, 0.3) is 5.91 Å². The first-order chi connectivity index (χ1) is 23.7. The summed E-state index contributed by atoms with van der Waals surface area (Å²) in [6, 6.07) is 2.58. The Kier molecular flexibility index (Phi) is 10.4. The highest BCUT2D eigenvalue weighted by molar-refractivity contribution is 7.10. The Morgan fingerprint density at radius 1 is 0.900 bits per heavy atom. The number of halogens is 6. The summed E-state index contributed by atoms with van der Waals surface area (Å²) in [5.74, 6) is -0.692. The number of benzene rings is 1. The van der Waals surface area contributed by atoms with Gasteiger partial charge in [-0.1, -0.05) is 0 Å². The average molecular weight is 732 g/mol. The van der Waals surface area contributed by atoms with Gasteiger partial charge in [0, 0.05) is 75.7 Å². The van der Waals surface area contributed by atoms with Crippen molar-refractivity contribution in [2.45, 2.75) is 69.2 Å². The van der Waals surface area contributed by atoms with Crippen molar-refractivity contribution >= 4 is 40.7 Å². The second-order valence-corrected chi connectivity index (χ2v) is 14.1. The molecule has 3 saturated heterocycles. The zero-order valence-corrected chi connectivity index (χ0v) is 27.9. The van der Waals surface area contributed by atoms with E-state index in [0.717, 1.165) is 36.7 Å². The number of ether oxygens (including phenoxy) is 1. The van der Waals surface area contributed by atoms with Crippen molar-refractivity contribution in [3.63, 3.8) is 0 Å². The van der Waals surface area contributed by atoms with Crippen molar-refractivity contribution in [3.8, 4) is 0 Å². The van der Waals surface area contributed by atoms with Crippen LogP contribution in [0.5, 0.6) is 0 Å². The molecule has 18 heteroatoms. The van der Waals surface area contributed by atoms with Gasteiger partial charge in [-0.3, -0.25) is 9.69 Å². The van der Waals surface area contributed by atoms with Gasteiger partial charge in [0.1, 0.15) is 0 Å². The molecule has 0 radical (unpaired) electrons. The maximum absolute atomic E-state index is 13.9. The lowest BCUT2D eigenvalue weighted by Gasteiger charge is -2.41. The molecule has 2 aromatic rings. The van der Waals surface area contributed by atoms with Crippen LogP contribution in [0.15, 0.2) is 23.6 Å². The van der Waals surface area contributed by atoms with Crippen LogP contribution in [0.25, 0.3) is 0 Å². The third-order valence-electron chi connectivity index (χ3n) is 9.96. The summed E-state index contributed by atoms with van der Waals surface area (Å²) in [6.07, 6.45) is -11.7. The summed E-state index contributed by atoms with van der Waals surface area (Å²) in [5, 5.41) is 8.04. The topological polar surface area (TPSA) is 123 Å². The Labute approximate surface area is 288 Å². The van der Waals surface area contributed by atoms with E-state index in [1.807, 2.05) is 11.4 Å². The molecule has 0 unspecified atom stereocenters. The number of nitrogen functional groups attached to an aromatic ring is 1. The number of thiophene rings is 1. The zero-order chi connectivity index (χ0) is 35.8. The largest absolute Gasteiger partial charge is 0.436 e. The lowest BCUT2D eigenvalue weighted by molar-refractivity contribution is -0.142. The molecule has 11 nitrogen and oxygen atoms in total. The van der Waals surface area contributed by atoms with E-state index in [9.17, 15) is 40.7 Å². The van der Waals surface area contributed by atoms with E-state index in [1.54, 1.807) is 4.90 Å². The molecule has 4 aliphatic rings. The summed E-state index contributed by atoms with van der Waals surface area (Å²) in [4.78, 5) is 48.0. The fourth-order valence-corrected chi connectivity index (χ4v) is 8.06. The lowest BCUT2D eigenvalue weighted by atomic mass is 9.97. The molecule has 6 rings (SSSR count). The number of rotatable bonds is 6. The van der Waals surface area contributed by atoms with E-state index in [-0.39, 0.29) is 31.2 Å². The molecule has 274 valence electrons. The number of hydrogen-bond donors (Lipinski definition) is 3. The van der Waals surface area contributed by atoms with E-state index >= 15 is 0 Å². The monoisotopic (exact) mass is 731 g/mol. The molecular weight excluding hydrogens is 692 g/mol. The van der Waals surface area contributed by atoms with E-state index in [4.69, 9.17) is 10.5 Å². The van der Waals surface area contributed by atoms with E-state index in [1.165, 1.54) is 21.1 Å². The quantitative estimate of drug-likeness (QED) is 0.288.